The molecule has 0 saturated carbocycles. The van der Waals surface area contributed by atoms with Crippen LogP contribution in [0.25, 0.3) is 0 Å². The molecule has 5 nitrogen and oxygen atoms in total. The average molecular weight is 225 g/mol. The molecule has 3 atom stereocenters. The first-order valence-corrected chi connectivity index (χ1v) is 5.47. The maximum atomic E-state index is 11.6. The Bertz CT molecular complexity index is 339. The van der Waals surface area contributed by atoms with Crippen molar-refractivity contribution in [2.45, 2.75) is 44.6 Å². The number of carbonyl (C=O) groups is 2. The number of allylic oxidation sites excluding steroid dienone is 1. The lowest BCUT2D eigenvalue weighted by molar-refractivity contribution is -0.143. The van der Waals surface area contributed by atoms with Gasteiger partial charge in [0.15, 0.2) is 5.78 Å². The molecule has 0 aromatic rings. The van der Waals surface area contributed by atoms with Gasteiger partial charge in [-0.05, 0) is 12.5 Å². The SMILES string of the molecule is CC[C@H]1O[C@@H](N2C=CC(=O)CC2=O)C[C@@H]1O. The van der Waals surface area contributed by atoms with Crippen LogP contribution in [-0.2, 0) is 14.3 Å². The zero-order chi connectivity index (χ0) is 11.7. The number of ether oxygens (including phenoxy) is 1. The van der Waals surface area contributed by atoms with E-state index >= 15 is 0 Å². The maximum absolute atomic E-state index is 11.6. The summed E-state index contributed by atoms with van der Waals surface area (Å²) in [5, 5.41) is 9.67. The molecule has 2 rings (SSSR count). The molecule has 5 heteroatoms. The van der Waals surface area contributed by atoms with E-state index in [-0.39, 0.29) is 24.2 Å². The van der Waals surface area contributed by atoms with Crippen LogP contribution in [0.3, 0.4) is 0 Å². The number of hydrogen-bond acceptors (Lipinski definition) is 4. The molecule has 0 unspecified atom stereocenters. The second-order valence-electron chi connectivity index (χ2n) is 4.10. The molecule has 0 spiro atoms. The molecule has 0 aliphatic carbocycles. The highest BCUT2D eigenvalue weighted by Gasteiger charge is 2.38. The third-order valence-electron chi connectivity index (χ3n) is 2.95. The minimum Gasteiger partial charge on any atom is -0.390 e. The average Bonchev–Trinajstić information content (AvgIpc) is 2.59. The standard InChI is InChI=1S/C11H15NO4/c1-2-9-8(14)6-11(16-9)12-4-3-7(13)5-10(12)15/h3-4,8-9,11,14H,2,5-6H2,1H3/t8-,9+,11+/m0/s1. The molecule has 0 radical (unpaired) electrons. The smallest absolute Gasteiger partial charge is 0.236 e. The summed E-state index contributed by atoms with van der Waals surface area (Å²) in [6, 6.07) is 0. The lowest BCUT2D eigenvalue weighted by Gasteiger charge is -2.26. The summed E-state index contributed by atoms with van der Waals surface area (Å²) in [4.78, 5) is 24.0. The van der Waals surface area contributed by atoms with Crippen LogP contribution in [-0.4, -0.2) is 40.1 Å². The largest absolute Gasteiger partial charge is 0.390 e. The monoisotopic (exact) mass is 225 g/mol. The second-order valence-corrected chi connectivity index (χ2v) is 4.10. The van der Waals surface area contributed by atoms with Gasteiger partial charge < -0.3 is 9.84 Å². The molecule has 0 bridgehead atoms. The lowest BCUT2D eigenvalue weighted by atomic mass is 10.1. The number of aliphatic hydroxyl groups is 1. The Morgan fingerprint density at radius 3 is 2.88 bits per heavy atom. The van der Waals surface area contributed by atoms with Gasteiger partial charge in [-0.3, -0.25) is 14.5 Å². The van der Waals surface area contributed by atoms with Crippen molar-refractivity contribution in [3.05, 3.63) is 12.3 Å². The molecule has 1 N–H and O–H groups in total. The van der Waals surface area contributed by atoms with E-state index in [1.165, 1.54) is 17.2 Å². The van der Waals surface area contributed by atoms with E-state index in [0.717, 1.165) is 0 Å². The lowest BCUT2D eigenvalue weighted by Crippen LogP contribution is -2.39. The summed E-state index contributed by atoms with van der Waals surface area (Å²) < 4.78 is 5.56. The van der Waals surface area contributed by atoms with Crippen LogP contribution in [0.1, 0.15) is 26.2 Å². The van der Waals surface area contributed by atoms with Gasteiger partial charge in [-0.15, -0.1) is 0 Å². The zero-order valence-electron chi connectivity index (χ0n) is 9.13. The van der Waals surface area contributed by atoms with Crippen molar-refractivity contribution in [2.75, 3.05) is 0 Å². The van der Waals surface area contributed by atoms with Crippen LogP contribution in [0, 0.1) is 0 Å². The molecular formula is C11H15NO4. The summed E-state index contributed by atoms with van der Waals surface area (Å²) in [5.74, 6) is -0.451. The zero-order valence-corrected chi connectivity index (χ0v) is 9.13. The number of hydrogen-bond donors (Lipinski definition) is 1. The molecule has 16 heavy (non-hydrogen) atoms. The predicted molar refractivity (Wildman–Crippen MR) is 55.2 cm³/mol. The molecule has 1 saturated heterocycles. The Balaban J connectivity index is 2.07. The first-order chi connectivity index (χ1) is 7.61. The third-order valence-corrected chi connectivity index (χ3v) is 2.95. The molecule has 0 aromatic carbocycles. The van der Waals surface area contributed by atoms with Gasteiger partial charge in [-0.2, -0.15) is 0 Å². The summed E-state index contributed by atoms with van der Waals surface area (Å²) in [6.45, 7) is 1.92. The highest BCUT2D eigenvalue weighted by atomic mass is 16.5. The fourth-order valence-corrected chi connectivity index (χ4v) is 2.06. The molecule has 88 valence electrons. The number of amides is 1. The van der Waals surface area contributed by atoms with E-state index in [2.05, 4.69) is 0 Å². The van der Waals surface area contributed by atoms with Crippen molar-refractivity contribution >= 4 is 11.7 Å². The summed E-state index contributed by atoms with van der Waals surface area (Å²) >= 11 is 0. The predicted octanol–water partition coefficient (Wildman–Crippen LogP) is 0.187. The Labute approximate surface area is 93.7 Å². The van der Waals surface area contributed by atoms with Crippen molar-refractivity contribution in [3.8, 4) is 0 Å². The number of carbonyl (C=O) groups excluding carboxylic acids is 2. The minimum absolute atomic E-state index is 0.108. The molecule has 0 aromatic heterocycles. The van der Waals surface area contributed by atoms with Gasteiger partial charge in [0.25, 0.3) is 0 Å². The fraction of sp³-hybridized carbons (Fsp3) is 0.636. The van der Waals surface area contributed by atoms with Gasteiger partial charge in [0.2, 0.25) is 5.91 Å². The van der Waals surface area contributed by atoms with Crippen molar-refractivity contribution < 1.29 is 19.4 Å². The van der Waals surface area contributed by atoms with Crippen LogP contribution in [0.4, 0.5) is 0 Å². The van der Waals surface area contributed by atoms with E-state index in [4.69, 9.17) is 4.74 Å². The third kappa shape index (κ3) is 2.01. The fourth-order valence-electron chi connectivity index (χ4n) is 2.06. The van der Waals surface area contributed by atoms with E-state index in [1.54, 1.807) is 0 Å². The number of aliphatic hydroxyl groups excluding tert-OH is 1. The molecule has 2 aliphatic heterocycles. The van der Waals surface area contributed by atoms with E-state index in [1.807, 2.05) is 6.92 Å². The highest BCUT2D eigenvalue weighted by molar-refractivity contribution is 6.06. The van der Waals surface area contributed by atoms with Crippen LogP contribution in [0.15, 0.2) is 12.3 Å². The first kappa shape index (κ1) is 11.3. The van der Waals surface area contributed by atoms with Crippen molar-refractivity contribution in [1.82, 2.24) is 4.90 Å². The number of nitrogens with zero attached hydrogens (tertiary/aromatic N) is 1. The highest BCUT2D eigenvalue weighted by Crippen LogP contribution is 2.26. The molecule has 1 amide bonds. The van der Waals surface area contributed by atoms with Gasteiger partial charge in [0, 0.05) is 12.6 Å². The molecule has 2 aliphatic rings. The Morgan fingerprint density at radius 2 is 2.31 bits per heavy atom. The van der Waals surface area contributed by atoms with Gasteiger partial charge in [-0.1, -0.05) is 6.92 Å². The second kappa shape index (κ2) is 4.35. The molecule has 1 fully saturated rings. The van der Waals surface area contributed by atoms with Gasteiger partial charge in [0.05, 0.1) is 18.6 Å². The first-order valence-electron chi connectivity index (χ1n) is 5.47. The molecular weight excluding hydrogens is 210 g/mol. The quantitative estimate of drug-likeness (QED) is 0.681. The van der Waals surface area contributed by atoms with Crippen LogP contribution in [0.5, 0.6) is 0 Å². The van der Waals surface area contributed by atoms with E-state index < -0.39 is 12.3 Å². The Hall–Kier alpha value is -1.20. The summed E-state index contributed by atoms with van der Waals surface area (Å²) in [5.41, 5.74) is 0. The van der Waals surface area contributed by atoms with Crippen LogP contribution >= 0.6 is 0 Å². The maximum Gasteiger partial charge on any atom is 0.236 e. The van der Waals surface area contributed by atoms with Crippen molar-refractivity contribution in [2.24, 2.45) is 0 Å². The Morgan fingerprint density at radius 1 is 1.56 bits per heavy atom. The van der Waals surface area contributed by atoms with Gasteiger partial charge in [-0.25, -0.2) is 0 Å². The number of ketones is 1. The van der Waals surface area contributed by atoms with Crippen LogP contribution in [0.2, 0.25) is 0 Å². The normalized spacial score (nSPS) is 34.9. The number of rotatable bonds is 2. The minimum atomic E-state index is -0.533. The van der Waals surface area contributed by atoms with E-state index in [9.17, 15) is 14.7 Å². The summed E-state index contributed by atoms with van der Waals surface area (Å²) in [6.07, 6.45) is 2.64. The van der Waals surface area contributed by atoms with Crippen molar-refractivity contribution in [1.29, 1.82) is 0 Å². The summed E-state index contributed by atoms with van der Waals surface area (Å²) in [7, 11) is 0. The van der Waals surface area contributed by atoms with Crippen molar-refractivity contribution in [3.63, 3.8) is 0 Å². The van der Waals surface area contributed by atoms with Gasteiger partial charge in [0.1, 0.15) is 6.23 Å². The molecule has 2 heterocycles. The Kier molecular flexibility index (Phi) is 3.07. The van der Waals surface area contributed by atoms with Crippen LogP contribution < -0.4 is 0 Å². The van der Waals surface area contributed by atoms with Gasteiger partial charge >= 0.3 is 0 Å². The van der Waals surface area contributed by atoms with E-state index in [0.29, 0.717) is 12.8 Å². The topological polar surface area (TPSA) is 66.8 Å².